The van der Waals surface area contributed by atoms with Crippen LogP contribution in [0.2, 0.25) is 0 Å². The molecule has 0 saturated heterocycles. The fourth-order valence-corrected chi connectivity index (χ4v) is 3.59. The molecular formula is C22H24O2. The lowest BCUT2D eigenvalue weighted by Gasteiger charge is -2.34. The van der Waals surface area contributed by atoms with E-state index in [2.05, 4.69) is 41.5 Å². The van der Waals surface area contributed by atoms with Crippen LogP contribution in [0.4, 0.5) is 0 Å². The van der Waals surface area contributed by atoms with Crippen LogP contribution in [0.25, 0.3) is 0 Å². The predicted molar refractivity (Wildman–Crippen MR) is 97.1 cm³/mol. The molecule has 0 bridgehead atoms. The minimum absolute atomic E-state index is 0.0313. The summed E-state index contributed by atoms with van der Waals surface area (Å²) in [6.07, 6.45) is 0. The van der Waals surface area contributed by atoms with Gasteiger partial charge in [-0.1, -0.05) is 71.9 Å². The normalized spacial score (nSPS) is 14.4. The second-order valence-electron chi connectivity index (χ2n) is 8.61. The van der Waals surface area contributed by atoms with Crippen molar-refractivity contribution in [1.82, 2.24) is 0 Å². The first-order valence-corrected chi connectivity index (χ1v) is 8.40. The van der Waals surface area contributed by atoms with Gasteiger partial charge in [0, 0.05) is 22.3 Å². The number of benzene rings is 2. The van der Waals surface area contributed by atoms with Crippen LogP contribution in [-0.2, 0) is 10.8 Å². The van der Waals surface area contributed by atoms with Crippen molar-refractivity contribution in [3.63, 3.8) is 0 Å². The van der Waals surface area contributed by atoms with Gasteiger partial charge in [0.2, 0.25) is 0 Å². The molecule has 0 saturated carbocycles. The number of carbonyl (C=O) groups excluding carboxylic acids is 2. The lowest BCUT2D eigenvalue weighted by Crippen LogP contribution is -2.30. The summed E-state index contributed by atoms with van der Waals surface area (Å²) >= 11 is 0. The van der Waals surface area contributed by atoms with Crippen molar-refractivity contribution in [2.45, 2.75) is 52.4 Å². The number of carbonyl (C=O) groups is 2. The number of rotatable bonds is 0. The van der Waals surface area contributed by atoms with Gasteiger partial charge in [-0.05, 0) is 28.0 Å². The van der Waals surface area contributed by atoms with Crippen molar-refractivity contribution in [3.8, 4) is 0 Å². The number of hydrogen-bond donors (Lipinski definition) is 0. The lowest BCUT2D eigenvalue weighted by molar-refractivity contribution is 0.0977. The molecule has 0 spiro atoms. The van der Waals surface area contributed by atoms with E-state index in [0.717, 1.165) is 11.1 Å². The van der Waals surface area contributed by atoms with Crippen molar-refractivity contribution in [2.75, 3.05) is 0 Å². The SMILES string of the molecule is CC(C)(C)c1ccc2c(c1C(C)(C)C)C(=O)c1ccccc1C2=O. The Morgan fingerprint density at radius 3 is 1.67 bits per heavy atom. The Bertz CT molecular complexity index is 859. The zero-order valence-corrected chi connectivity index (χ0v) is 15.3. The Morgan fingerprint density at radius 2 is 1.17 bits per heavy atom. The third kappa shape index (κ3) is 2.41. The minimum Gasteiger partial charge on any atom is -0.289 e. The maximum Gasteiger partial charge on any atom is 0.194 e. The molecule has 0 fully saturated rings. The molecule has 2 nitrogen and oxygen atoms in total. The third-order valence-electron chi connectivity index (χ3n) is 4.65. The molecule has 24 heavy (non-hydrogen) atoms. The monoisotopic (exact) mass is 320 g/mol. The fraction of sp³-hybridized carbons (Fsp3) is 0.364. The van der Waals surface area contributed by atoms with E-state index in [0.29, 0.717) is 22.3 Å². The van der Waals surface area contributed by atoms with Gasteiger partial charge < -0.3 is 0 Å². The Hall–Kier alpha value is -2.22. The Kier molecular flexibility index (Phi) is 3.56. The van der Waals surface area contributed by atoms with Gasteiger partial charge in [0.25, 0.3) is 0 Å². The van der Waals surface area contributed by atoms with E-state index >= 15 is 0 Å². The number of hydrogen-bond acceptors (Lipinski definition) is 2. The third-order valence-corrected chi connectivity index (χ3v) is 4.65. The molecule has 2 heteroatoms. The molecule has 0 atom stereocenters. The van der Waals surface area contributed by atoms with E-state index < -0.39 is 0 Å². The molecule has 0 radical (unpaired) electrons. The highest BCUT2D eigenvalue weighted by Gasteiger charge is 2.37. The van der Waals surface area contributed by atoms with Crippen molar-refractivity contribution >= 4 is 11.6 Å². The summed E-state index contributed by atoms with van der Waals surface area (Å²) in [4.78, 5) is 26.2. The maximum atomic E-state index is 13.2. The summed E-state index contributed by atoms with van der Waals surface area (Å²) in [7, 11) is 0. The topological polar surface area (TPSA) is 34.1 Å². The van der Waals surface area contributed by atoms with Crippen LogP contribution in [0.15, 0.2) is 36.4 Å². The molecule has 1 aliphatic rings. The van der Waals surface area contributed by atoms with Crippen LogP contribution < -0.4 is 0 Å². The van der Waals surface area contributed by atoms with Crippen molar-refractivity contribution in [1.29, 1.82) is 0 Å². The molecule has 124 valence electrons. The van der Waals surface area contributed by atoms with E-state index in [9.17, 15) is 9.59 Å². The van der Waals surface area contributed by atoms with Crippen LogP contribution >= 0.6 is 0 Å². The molecule has 3 rings (SSSR count). The van der Waals surface area contributed by atoms with E-state index in [4.69, 9.17) is 0 Å². The molecule has 1 aliphatic carbocycles. The Morgan fingerprint density at radius 1 is 0.625 bits per heavy atom. The fourth-order valence-electron chi connectivity index (χ4n) is 3.59. The highest BCUT2D eigenvalue weighted by Crippen LogP contribution is 2.41. The van der Waals surface area contributed by atoms with Gasteiger partial charge in [0.05, 0.1) is 0 Å². The van der Waals surface area contributed by atoms with Crippen LogP contribution in [-0.4, -0.2) is 11.6 Å². The number of fused-ring (bicyclic) bond motifs is 2. The van der Waals surface area contributed by atoms with Gasteiger partial charge in [-0.25, -0.2) is 0 Å². The van der Waals surface area contributed by atoms with Crippen molar-refractivity contribution in [3.05, 3.63) is 69.8 Å². The minimum atomic E-state index is -0.226. The molecule has 0 amide bonds. The molecule has 0 N–H and O–H groups in total. The highest BCUT2D eigenvalue weighted by atomic mass is 16.1. The average molecular weight is 320 g/mol. The molecule has 0 aliphatic heterocycles. The second-order valence-corrected chi connectivity index (χ2v) is 8.61. The quantitative estimate of drug-likeness (QED) is 0.580. The summed E-state index contributed by atoms with van der Waals surface area (Å²) in [5.74, 6) is -0.0811. The van der Waals surface area contributed by atoms with Gasteiger partial charge in [-0.3, -0.25) is 9.59 Å². The van der Waals surface area contributed by atoms with E-state index in [-0.39, 0.29) is 22.4 Å². The van der Waals surface area contributed by atoms with E-state index in [1.54, 1.807) is 12.1 Å². The van der Waals surface area contributed by atoms with Gasteiger partial charge in [-0.2, -0.15) is 0 Å². The molecule has 0 aromatic heterocycles. The first-order chi connectivity index (χ1) is 11.0. The summed E-state index contributed by atoms with van der Waals surface area (Å²) in [5.41, 5.74) is 3.98. The standard InChI is InChI=1S/C22H24O2/c1-21(2,3)16-12-11-15-17(18(16)22(4,5)6)20(24)14-10-8-7-9-13(14)19(15)23/h7-12H,1-6H3. The zero-order valence-electron chi connectivity index (χ0n) is 15.3. The summed E-state index contributed by atoms with van der Waals surface area (Å²) in [6, 6.07) is 11.0. The first-order valence-electron chi connectivity index (χ1n) is 8.40. The Labute approximate surface area is 143 Å². The van der Waals surface area contributed by atoms with Crippen LogP contribution in [0.3, 0.4) is 0 Å². The average Bonchev–Trinajstić information content (AvgIpc) is 2.49. The summed E-state index contributed by atoms with van der Waals surface area (Å²) < 4.78 is 0. The van der Waals surface area contributed by atoms with Crippen molar-refractivity contribution in [2.24, 2.45) is 0 Å². The molecule has 0 unspecified atom stereocenters. The van der Waals surface area contributed by atoms with Crippen LogP contribution in [0.5, 0.6) is 0 Å². The van der Waals surface area contributed by atoms with E-state index in [1.807, 2.05) is 24.3 Å². The molecule has 0 heterocycles. The zero-order chi connectivity index (χ0) is 17.9. The van der Waals surface area contributed by atoms with Crippen LogP contribution in [0.1, 0.15) is 84.5 Å². The first kappa shape index (κ1) is 16.6. The predicted octanol–water partition coefficient (Wildman–Crippen LogP) is 5.06. The second kappa shape index (κ2) is 5.14. The lowest BCUT2D eigenvalue weighted by atomic mass is 9.69. The molecule has 2 aromatic rings. The number of ketones is 2. The maximum absolute atomic E-state index is 13.2. The van der Waals surface area contributed by atoms with Gasteiger partial charge >= 0.3 is 0 Å². The van der Waals surface area contributed by atoms with Gasteiger partial charge in [-0.15, -0.1) is 0 Å². The van der Waals surface area contributed by atoms with E-state index in [1.165, 1.54) is 0 Å². The summed E-state index contributed by atoms with van der Waals surface area (Å²) in [5, 5.41) is 0. The largest absolute Gasteiger partial charge is 0.289 e. The van der Waals surface area contributed by atoms with Crippen LogP contribution in [0, 0.1) is 0 Å². The van der Waals surface area contributed by atoms with Crippen molar-refractivity contribution < 1.29 is 9.59 Å². The smallest absolute Gasteiger partial charge is 0.194 e. The highest BCUT2D eigenvalue weighted by molar-refractivity contribution is 6.29. The molecular weight excluding hydrogens is 296 g/mol. The summed E-state index contributed by atoms with van der Waals surface area (Å²) in [6.45, 7) is 12.8. The van der Waals surface area contributed by atoms with Gasteiger partial charge in [0.15, 0.2) is 11.6 Å². The molecule has 2 aromatic carbocycles. The van der Waals surface area contributed by atoms with Gasteiger partial charge in [0.1, 0.15) is 0 Å². The Balaban J connectivity index is 2.42.